The molecule has 2 aromatic rings. The van der Waals surface area contributed by atoms with E-state index in [4.69, 9.17) is 0 Å². The van der Waals surface area contributed by atoms with Crippen molar-refractivity contribution in [1.82, 2.24) is 4.98 Å². The van der Waals surface area contributed by atoms with E-state index in [1.165, 1.54) is 12.8 Å². The van der Waals surface area contributed by atoms with Gasteiger partial charge >= 0.3 is 0 Å². The van der Waals surface area contributed by atoms with Crippen molar-refractivity contribution < 1.29 is 4.79 Å². The van der Waals surface area contributed by atoms with Crippen LogP contribution in [0.3, 0.4) is 0 Å². The molecule has 1 amide bonds. The van der Waals surface area contributed by atoms with Crippen molar-refractivity contribution >= 4 is 17.4 Å². The number of hydrogen-bond acceptors (Lipinski definition) is 3. The second-order valence-corrected chi connectivity index (χ2v) is 5.77. The molecule has 1 fully saturated rings. The molecule has 1 N–H and O–H groups in total. The molecule has 2 heterocycles. The first-order valence-corrected chi connectivity index (χ1v) is 7.75. The maximum absolute atomic E-state index is 12.4. The van der Waals surface area contributed by atoms with Crippen LogP contribution in [0.2, 0.25) is 0 Å². The lowest BCUT2D eigenvalue weighted by Gasteiger charge is -2.18. The number of aromatic nitrogens is 1. The van der Waals surface area contributed by atoms with E-state index in [2.05, 4.69) is 15.2 Å². The molecule has 4 nitrogen and oxygen atoms in total. The second-order valence-electron chi connectivity index (χ2n) is 5.77. The zero-order chi connectivity index (χ0) is 15.5. The fraction of sp³-hybridized carbons (Fsp3) is 0.333. The Morgan fingerprint density at radius 2 is 1.82 bits per heavy atom. The molecule has 1 aromatic heterocycles. The van der Waals surface area contributed by atoms with Gasteiger partial charge in [-0.05, 0) is 50.5 Å². The van der Waals surface area contributed by atoms with E-state index in [9.17, 15) is 4.79 Å². The summed E-state index contributed by atoms with van der Waals surface area (Å²) in [5, 5.41) is 2.97. The summed E-state index contributed by atoms with van der Waals surface area (Å²) in [7, 11) is 0. The number of nitrogens with one attached hydrogen (secondary N) is 1. The minimum atomic E-state index is -0.0862. The number of benzene rings is 1. The predicted octanol–water partition coefficient (Wildman–Crippen LogP) is 3.55. The Labute approximate surface area is 131 Å². The number of nitrogens with zero attached hydrogens (tertiary/aromatic N) is 2. The molecule has 0 aliphatic carbocycles. The first-order chi connectivity index (χ1) is 10.6. The van der Waals surface area contributed by atoms with Gasteiger partial charge < -0.3 is 10.2 Å². The zero-order valence-corrected chi connectivity index (χ0v) is 13.1. The van der Waals surface area contributed by atoms with E-state index < -0.39 is 0 Å². The standard InChI is InChI=1S/C18H21N3O/c1-13-7-3-4-8-15(13)18(22)20-16-9-10-17(19-14(16)2)21-11-5-6-12-21/h3-4,7-10H,5-6,11-12H2,1-2H3,(H,20,22). The molecular weight excluding hydrogens is 274 g/mol. The average Bonchev–Trinajstić information content (AvgIpc) is 3.04. The van der Waals surface area contributed by atoms with E-state index in [1.807, 2.05) is 50.2 Å². The molecular formula is C18H21N3O. The van der Waals surface area contributed by atoms with E-state index in [0.29, 0.717) is 5.56 Å². The number of carbonyl (C=O) groups excluding carboxylic acids is 1. The van der Waals surface area contributed by atoms with Crippen LogP contribution >= 0.6 is 0 Å². The summed E-state index contributed by atoms with van der Waals surface area (Å²) in [5.74, 6) is 0.917. The Balaban J connectivity index is 1.78. The number of aryl methyl sites for hydroxylation is 2. The molecule has 1 aromatic carbocycles. The zero-order valence-electron chi connectivity index (χ0n) is 13.1. The molecule has 3 rings (SSSR count). The fourth-order valence-corrected chi connectivity index (χ4v) is 2.82. The van der Waals surface area contributed by atoms with Crippen LogP contribution in [0.4, 0.5) is 11.5 Å². The molecule has 0 saturated carbocycles. The first kappa shape index (κ1) is 14.6. The van der Waals surface area contributed by atoms with Gasteiger partial charge in [0.25, 0.3) is 5.91 Å². The summed E-state index contributed by atoms with van der Waals surface area (Å²) < 4.78 is 0. The average molecular weight is 295 g/mol. The molecule has 0 bridgehead atoms. The van der Waals surface area contributed by atoms with Gasteiger partial charge in [0.15, 0.2) is 0 Å². The van der Waals surface area contributed by atoms with Crippen LogP contribution in [0.1, 0.15) is 34.5 Å². The minimum Gasteiger partial charge on any atom is -0.357 e. The van der Waals surface area contributed by atoms with Crippen LogP contribution in [-0.2, 0) is 0 Å². The monoisotopic (exact) mass is 295 g/mol. The third-order valence-corrected chi connectivity index (χ3v) is 4.14. The lowest BCUT2D eigenvalue weighted by Crippen LogP contribution is -2.20. The lowest BCUT2D eigenvalue weighted by atomic mass is 10.1. The predicted molar refractivity (Wildman–Crippen MR) is 89.6 cm³/mol. The highest BCUT2D eigenvalue weighted by atomic mass is 16.1. The Bertz CT molecular complexity index is 690. The molecule has 1 aliphatic heterocycles. The Morgan fingerprint density at radius 1 is 1.09 bits per heavy atom. The van der Waals surface area contributed by atoms with Crippen molar-refractivity contribution in [2.45, 2.75) is 26.7 Å². The Morgan fingerprint density at radius 3 is 2.50 bits per heavy atom. The molecule has 0 unspecified atom stereocenters. The van der Waals surface area contributed by atoms with Gasteiger partial charge in [-0.3, -0.25) is 4.79 Å². The number of amides is 1. The molecule has 114 valence electrons. The van der Waals surface area contributed by atoms with E-state index in [0.717, 1.165) is 35.9 Å². The molecule has 1 aliphatic rings. The largest absolute Gasteiger partial charge is 0.357 e. The van der Waals surface area contributed by atoms with Crippen molar-refractivity contribution in [1.29, 1.82) is 0 Å². The van der Waals surface area contributed by atoms with Gasteiger partial charge in [-0.1, -0.05) is 18.2 Å². The van der Waals surface area contributed by atoms with Gasteiger partial charge in [-0.15, -0.1) is 0 Å². The van der Waals surface area contributed by atoms with Gasteiger partial charge in [-0.2, -0.15) is 0 Å². The third kappa shape index (κ3) is 2.96. The minimum absolute atomic E-state index is 0.0862. The van der Waals surface area contributed by atoms with Gasteiger partial charge in [0.1, 0.15) is 5.82 Å². The van der Waals surface area contributed by atoms with Gasteiger partial charge in [0, 0.05) is 18.7 Å². The Hall–Kier alpha value is -2.36. The summed E-state index contributed by atoms with van der Waals surface area (Å²) in [6.45, 7) is 6.02. The summed E-state index contributed by atoms with van der Waals surface area (Å²) in [5.41, 5.74) is 3.30. The molecule has 0 atom stereocenters. The van der Waals surface area contributed by atoms with Crippen LogP contribution in [0.25, 0.3) is 0 Å². The number of pyridine rings is 1. The molecule has 1 saturated heterocycles. The highest BCUT2D eigenvalue weighted by Gasteiger charge is 2.15. The summed E-state index contributed by atoms with van der Waals surface area (Å²) in [6.07, 6.45) is 2.46. The smallest absolute Gasteiger partial charge is 0.255 e. The van der Waals surface area contributed by atoms with Gasteiger partial charge in [-0.25, -0.2) is 4.98 Å². The number of rotatable bonds is 3. The fourth-order valence-electron chi connectivity index (χ4n) is 2.82. The first-order valence-electron chi connectivity index (χ1n) is 7.75. The number of carbonyl (C=O) groups is 1. The summed E-state index contributed by atoms with van der Waals surface area (Å²) in [4.78, 5) is 19.3. The van der Waals surface area contributed by atoms with E-state index in [-0.39, 0.29) is 5.91 Å². The molecule has 22 heavy (non-hydrogen) atoms. The van der Waals surface area contributed by atoms with E-state index >= 15 is 0 Å². The summed E-state index contributed by atoms with van der Waals surface area (Å²) in [6, 6.07) is 11.5. The summed E-state index contributed by atoms with van der Waals surface area (Å²) >= 11 is 0. The normalized spacial score (nSPS) is 14.2. The van der Waals surface area contributed by atoms with Crippen LogP contribution in [-0.4, -0.2) is 24.0 Å². The Kier molecular flexibility index (Phi) is 4.09. The van der Waals surface area contributed by atoms with Gasteiger partial charge in [0.2, 0.25) is 0 Å². The molecule has 4 heteroatoms. The van der Waals surface area contributed by atoms with Crippen molar-refractivity contribution in [2.24, 2.45) is 0 Å². The van der Waals surface area contributed by atoms with Crippen LogP contribution in [0, 0.1) is 13.8 Å². The van der Waals surface area contributed by atoms with Crippen molar-refractivity contribution in [3.05, 3.63) is 53.2 Å². The topological polar surface area (TPSA) is 45.2 Å². The molecule has 0 spiro atoms. The quantitative estimate of drug-likeness (QED) is 0.942. The van der Waals surface area contributed by atoms with Crippen molar-refractivity contribution in [3.63, 3.8) is 0 Å². The second kappa shape index (κ2) is 6.18. The van der Waals surface area contributed by atoms with Gasteiger partial charge in [0.05, 0.1) is 11.4 Å². The highest BCUT2D eigenvalue weighted by Crippen LogP contribution is 2.22. The van der Waals surface area contributed by atoms with Crippen molar-refractivity contribution in [3.8, 4) is 0 Å². The SMILES string of the molecule is Cc1ccccc1C(=O)Nc1ccc(N2CCCC2)nc1C. The van der Waals surface area contributed by atoms with E-state index in [1.54, 1.807) is 0 Å². The third-order valence-electron chi connectivity index (χ3n) is 4.14. The lowest BCUT2D eigenvalue weighted by molar-refractivity contribution is 0.102. The maximum Gasteiger partial charge on any atom is 0.255 e. The van der Waals surface area contributed by atoms with Crippen LogP contribution in [0.5, 0.6) is 0 Å². The number of anilines is 2. The molecule has 0 radical (unpaired) electrons. The maximum atomic E-state index is 12.4. The van der Waals surface area contributed by atoms with Crippen molar-refractivity contribution in [2.75, 3.05) is 23.3 Å². The number of hydrogen-bond donors (Lipinski definition) is 1. The van der Waals surface area contributed by atoms with Crippen LogP contribution in [0.15, 0.2) is 36.4 Å². The van der Waals surface area contributed by atoms with Crippen LogP contribution < -0.4 is 10.2 Å². The highest BCUT2D eigenvalue weighted by molar-refractivity contribution is 6.05.